The third-order valence-electron chi connectivity index (χ3n) is 4.93. The summed E-state index contributed by atoms with van der Waals surface area (Å²) in [4.78, 5) is 12.7. The molecule has 1 atom stereocenters. The lowest BCUT2D eigenvalue weighted by molar-refractivity contribution is -0.120. The molecule has 30 heavy (non-hydrogen) atoms. The number of nitrogens with one attached hydrogen (secondary N) is 1. The van der Waals surface area contributed by atoms with Crippen molar-refractivity contribution in [3.05, 3.63) is 58.1 Å². The molecule has 0 radical (unpaired) electrons. The van der Waals surface area contributed by atoms with E-state index in [0.29, 0.717) is 47.3 Å². The zero-order valence-corrected chi connectivity index (χ0v) is 18.9. The van der Waals surface area contributed by atoms with E-state index in [9.17, 15) is 13.2 Å². The van der Waals surface area contributed by atoms with Gasteiger partial charge in [-0.2, -0.15) is 0 Å². The zero-order chi connectivity index (χ0) is 21.7. The highest BCUT2D eigenvalue weighted by Gasteiger charge is 2.32. The van der Waals surface area contributed by atoms with E-state index in [1.54, 1.807) is 36.4 Å². The Balaban J connectivity index is 1.64. The number of halogens is 2. The summed E-state index contributed by atoms with van der Waals surface area (Å²) < 4.78 is 32.6. The fraction of sp³-hybridized carbons (Fsp3) is 0.381. The third-order valence-corrected chi connectivity index (χ3v) is 7.32. The minimum Gasteiger partial charge on any atom is -0.494 e. The van der Waals surface area contributed by atoms with Crippen LogP contribution < -0.4 is 10.1 Å². The van der Waals surface area contributed by atoms with Gasteiger partial charge in [0, 0.05) is 28.8 Å². The number of carbonyl (C=O) groups is 1. The summed E-state index contributed by atoms with van der Waals surface area (Å²) in [6.07, 6.45) is 1.26. The largest absolute Gasteiger partial charge is 0.494 e. The number of piperidine rings is 1. The summed E-state index contributed by atoms with van der Waals surface area (Å²) in [6, 6.07) is 11.9. The van der Waals surface area contributed by atoms with Gasteiger partial charge in [-0.25, -0.2) is 12.7 Å². The molecule has 1 heterocycles. The maximum atomic E-state index is 12.9. The summed E-state index contributed by atoms with van der Waals surface area (Å²) >= 11 is 12.0. The van der Waals surface area contributed by atoms with Crippen LogP contribution in [0.15, 0.2) is 42.5 Å². The predicted octanol–water partition coefficient (Wildman–Crippen LogP) is 4.57. The van der Waals surface area contributed by atoms with Crippen molar-refractivity contribution < 1.29 is 17.9 Å². The summed E-state index contributed by atoms with van der Waals surface area (Å²) in [5.41, 5.74) is 1.14. The molecule has 2 aromatic rings. The van der Waals surface area contributed by atoms with E-state index in [0.717, 1.165) is 5.75 Å². The SMILES string of the molecule is CCOc1ccc(NC(=O)C2CCCN(S(=O)(=O)Cc3ccc(Cl)cc3Cl)C2)cc1. The van der Waals surface area contributed by atoms with E-state index in [-0.39, 0.29) is 18.2 Å². The molecular weight excluding hydrogens is 447 g/mol. The molecule has 0 aliphatic carbocycles. The number of amides is 1. The standard InChI is InChI=1S/C21H24Cl2N2O4S/c1-2-29-19-9-7-18(8-10-19)24-21(26)15-4-3-11-25(13-15)30(27,28)14-16-5-6-17(22)12-20(16)23/h5-10,12,15H,2-4,11,13-14H2,1H3,(H,24,26). The minimum atomic E-state index is -3.61. The Kier molecular flexibility index (Phi) is 7.63. The lowest BCUT2D eigenvalue weighted by atomic mass is 9.99. The Labute approximate surface area is 187 Å². The molecule has 3 rings (SSSR count). The highest BCUT2D eigenvalue weighted by Crippen LogP contribution is 2.27. The lowest BCUT2D eigenvalue weighted by Crippen LogP contribution is -2.44. The van der Waals surface area contributed by atoms with E-state index in [4.69, 9.17) is 27.9 Å². The monoisotopic (exact) mass is 470 g/mol. The van der Waals surface area contributed by atoms with Crippen molar-refractivity contribution >= 4 is 44.8 Å². The van der Waals surface area contributed by atoms with Gasteiger partial charge >= 0.3 is 0 Å². The van der Waals surface area contributed by atoms with Gasteiger partial charge in [-0.05, 0) is 61.7 Å². The highest BCUT2D eigenvalue weighted by molar-refractivity contribution is 7.88. The van der Waals surface area contributed by atoms with E-state index < -0.39 is 15.9 Å². The molecule has 1 aliphatic rings. The first-order chi connectivity index (χ1) is 14.3. The van der Waals surface area contributed by atoms with Gasteiger partial charge in [-0.3, -0.25) is 4.79 Å². The summed E-state index contributed by atoms with van der Waals surface area (Å²) in [6.45, 7) is 3.01. The number of sulfonamides is 1. The summed E-state index contributed by atoms with van der Waals surface area (Å²) in [5.74, 6) is -0.105. The van der Waals surface area contributed by atoms with Crippen LogP contribution in [-0.2, 0) is 20.6 Å². The fourth-order valence-corrected chi connectivity index (χ4v) is 5.58. The number of ether oxygens (including phenoxy) is 1. The number of hydrogen-bond acceptors (Lipinski definition) is 4. The second-order valence-electron chi connectivity index (χ2n) is 7.14. The summed E-state index contributed by atoms with van der Waals surface area (Å²) in [7, 11) is -3.61. The normalized spacial score (nSPS) is 17.5. The molecule has 0 bridgehead atoms. The van der Waals surface area contributed by atoms with E-state index >= 15 is 0 Å². The molecule has 0 spiro atoms. The maximum absolute atomic E-state index is 12.9. The van der Waals surface area contributed by atoms with Crippen molar-refractivity contribution in [1.29, 1.82) is 0 Å². The molecule has 162 valence electrons. The Morgan fingerprint density at radius 2 is 1.93 bits per heavy atom. The van der Waals surface area contributed by atoms with Crippen LogP contribution in [0.5, 0.6) is 5.75 Å². The molecule has 1 saturated heterocycles. The van der Waals surface area contributed by atoms with E-state index in [1.165, 1.54) is 10.4 Å². The van der Waals surface area contributed by atoms with Crippen LogP contribution in [0.4, 0.5) is 5.69 Å². The Bertz CT molecular complexity index is 997. The average Bonchev–Trinajstić information content (AvgIpc) is 2.72. The van der Waals surface area contributed by atoms with Crippen molar-refractivity contribution in [1.82, 2.24) is 4.31 Å². The van der Waals surface area contributed by atoms with Crippen LogP contribution in [-0.4, -0.2) is 38.3 Å². The number of carbonyl (C=O) groups excluding carboxylic acids is 1. The average molecular weight is 471 g/mol. The van der Waals surface area contributed by atoms with Gasteiger partial charge in [-0.15, -0.1) is 0 Å². The fourth-order valence-electron chi connectivity index (χ4n) is 3.38. The summed E-state index contributed by atoms with van der Waals surface area (Å²) in [5, 5.41) is 3.63. The van der Waals surface area contributed by atoms with Crippen LogP contribution in [0.25, 0.3) is 0 Å². The van der Waals surface area contributed by atoms with Gasteiger partial charge < -0.3 is 10.1 Å². The number of hydrogen-bond donors (Lipinski definition) is 1. The van der Waals surface area contributed by atoms with E-state index in [1.807, 2.05) is 6.92 Å². The van der Waals surface area contributed by atoms with E-state index in [2.05, 4.69) is 5.32 Å². The molecule has 1 unspecified atom stereocenters. The molecule has 1 N–H and O–H groups in total. The van der Waals surface area contributed by atoms with Crippen LogP contribution in [0, 0.1) is 5.92 Å². The highest BCUT2D eigenvalue weighted by atomic mass is 35.5. The minimum absolute atomic E-state index is 0.149. The second-order valence-corrected chi connectivity index (χ2v) is 9.95. The topological polar surface area (TPSA) is 75.7 Å². The van der Waals surface area contributed by atoms with Crippen LogP contribution in [0.2, 0.25) is 10.0 Å². The molecular formula is C21H24Cl2N2O4S. The Morgan fingerprint density at radius 1 is 1.20 bits per heavy atom. The van der Waals surface area contributed by atoms with Gasteiger partial charge in [0.2, 0.25) is 15.9 Å². The quantitative estimate of drug-likeness (QED) is 0.642. The molecule has 0 aromatic heterocycles. The first kappa shape index (κ1) is 22.9. The van der Waals surface area contributed by atoms with Gasteiger partial charge in [0.1, 0.15) is 5.75 Å². The smallest absolute Gasteiger partial charge is 0.228 e. The van der Waals surface area contributed by atoms with Gasteiger partial charge in [-0.1, -0.05) is 29.3 Å². The first-order valence-electron chi connectivity index (χ1n) is 9.74. The van der Waals surface area contributed by atoms with Crippen LogP contribution >= 0.6 is 23.2 Å². The zero-order valence-electron chi connectivity index (χ0n) is 16.6. The number of benzene rings is 2. The van der Waals surface area contributed by atoms with Crippen molar-refractivity contribution in [2.45, 2.75) is 25.5 Å². The lowest BCUT2D eigenvalue weighted by Gasteiger charge is -2.31. The van der Waals surface area contributed by atoms with Crippen LogP contribution in [0.1, 0.15) is 25.3 Å². The van der Waals surface area contributed by atoms with Crippen LogP contribution in [0.3, 0.4) is 0 Å². The first-order valence-corrected chi connectivity index (χ1v) is 12.1. The van der Waals surface area contributed by atoms with Crippen molar-refractivity contribution in [2.75, 3.05) is 25.0 Å². The van der Waals surface area contributed by atoms with Gasteiger partial charge in [0.25, 0.3) is 0 Å². The predicted molar refractivity (Wildman–Crippen MR) is 120 cm³/mol. The van der Waals surface area contributed by atoms with Crippen molar-refractivity contribution in [2.24, 2.45) is 5.92 Å². The molecule has 9 heteroatoms. The van der Waals surface area contributed by atoms with Gasteiger partial charge in [0.05, 0.1) is 18.3 Å². The number of rotatable bonds is 7. The Hall–Kier alpha value is -1.80. The molecule has 1 amide bonds. The van der Waals surface area contributed by atoms with Crippen molar-refractivity contribution in [3.8, 4) is 5.75 Å². The molecule has 1 fully saturated rings. The third kappa shape index (κ3) is 5.88. The Morgan fingerprint density at radius 3 is 2.60 bits per heavy atom. The number of anilines is 1. The molecule has 1 aliphatic heterocycles. The van der Waals surface area contributed by atoms with Crippen molar-refractivity contribution in [3.63, 3.8) is 0 Å². The maximum Gasteiger partial charge on any atom is 0.228 e. The van der Waals surface area contributed by atoms with Gasteiger partial charge in [0.15, 0.2) is 0 Å². The molecule has 6 nitrogen and oxygen atoms in total. The number of nitrogens with zero attached hydrogens (tertiary/aromatic N) is 1. The molecule has 2 aromatic carbocycles. The second kappa shape index (κ2) is 10.0. The molecule has 0 saturated carbocycles.